The third-order valence-electron chi connectivity index (χ3n) is 8.08. The van der Waals surface area contributed by atoms with Crippen molar-refractivity contribution >= 4 is 50.9 Å². The van der Waals surface area contributed by atoms with Crippen LogP contribution in [-0.4, -0.2) is 18.1 Å². The van der Waals surface area contributed by atoms with E-state index in [1.54, 1.807) is 0 Å². The summed E-state index contributed by atoms with van der Waals surface area (Å²) < 4.78 is 0. The summed E-state index contributed by atoms with van der Waals surface area (Å²) in [6.45, 7) is 8.27. The Labute approximate surface area is 258 Å². The molecule has 4 heteroatoms. The number of hydrogen-bond acceptors (Lipinski definition) is 4. The molecule has 0 aromatic heterocycles. The van der Waals surface area contributed by atoms with Gasteiger partial charge in [0.05, 0.1) is 11.4 Å². The average Bonchev–Trinajstić information content (AvgIpc) is 3.07. The number of anilines is 2. The summed E-state index contributed by atoms with van der Waals surface area (Å²) in [7, 11) is 0. The van der Waals surface area contributed by atoms with E-state index in [9.17, 15) is 0 Å². The van der Waals surface area contributed by atoms with Crippen molar-refractivity contribution in [3.63, 3.8) is 0 Å². The lowest BCUT2D eigenvalue weighted by Crippen LogP contribution is -2.38. The zero-order chi connectivity index (χ0) is 30.0. The minimum absolute atomic E-state index is 0.0369. The molecule has 4 nitrogen and oxygen atoms in total. The second-order valence-electron chi connectivity index (χ2n) is 11.0. The summed E-state index contributed by atoms with van der Waals surface area (Å²) in [6, 6.07) is 42.0. The topological polar surface area (TPSA) is 40.0 Å². The Balaban J connectivity index is 1.41. The Morgan fingerprint density at radius 3 is 2.23 bits per heavy atom. The van der Waals surface area contributed by atoms with Gasteiger partial charge in [0.2, 0.25) is 0 Å². The molecule has 0 bridgehead atoms. The molecule has 1 atom stereocenters. The van der Waals surface area contributed by atoms with Crippen molar-refractivity contribution in [2.45, 2.75) is 20.0 Å². The van der Waals surface area contributed by atoms with Gasteiger partial charge in [-0.05, 0) is 72.3 Å². The number of nitrogens with zero attached hydrogens (tertiary/aromatic N) is 3. The number of hydrogen-bond donors (Lipinski definition) is 1. The summed E-state index contributed by atoms with van der Waals surface area (Å²) >= 11 is 0. The first-order valence-corrected chi connectivity index (χ1v) is 14.9. The number of fused-ring (bicyclic) bond motifs is 1. The van der Waals surface area contributed by atoms with Gasteiger partial charge in [-0.1, -0.05) is 97.6 Å². The van der Waals surface area contributed by atoms with E-state index in [1.807, 2.05) is 36.5 Å². The molecule has 5 aromatic carbocycles. The van der Waals surface area contributed by atoms with Crippen molar-refractivity contribution < 1.29 is 0 Å². The minimum atomic E-state index is -0.0369. The highest BCUT2D eigenvalue weighted by Gasteiger charge is 2.30. The van der Waals surface area contributed by atoms with E-state index in [0.29, 0.717) is 5.70 Å². The lowest BCUT2D eigenvalue weighted by atomic mass is 9.90. The lowest BCUT2D eigenvalue weighted by Gasteiger charge is -2.37. The molecule has 0 spiro atoms. The van der Waals surface area contributed by atoms with Crippen LogP contribution >= 0.6 is 0 Å². The summed E-state index contributed by atoms with van der Waals surface area (Å²) in [4.78, 5) is 12.3. The standard InChI is InChI=1S/C40H32N4/c1-4-36(43-37(30-17-10-6-11-18-30)23-27(2)29-15-8-5-9-16-29)32-24-31-19-14-22-38-39(31)34(25-32)35-26-41-28(3)42-40(35)44(38)33-20-12-7-13-21-33/h5-26,28,42H,1H2,2-3H3/b27-23+,43-37?. The molecule has 1 unspecified atom stereocenters. The zero-order valence-corrected chi connectivity index (χ0v) is 24.8. The predicted molar refractivity (Wildman–Crippen MR) is 186 cm³/mol. The summed E-state index contributed by atoms with van der Waals surface area (Å²) in [5.41, 5.74) is 13.4. The first-order valence-electron chi connectivity index (χ1n) is 14.9. The van der Waals surface area contributed by atoms with Gasteiger partial charge in [0.25, 0.3) is 0 Å². The van der Waals surface area contributed by atoms with Gasteiger partial charge in [-0.2, -0.15) is 0 Å². The van der Waals surface area contributed by atoms with E-state index < -0.39 is 0 Å². The van der Waals surface area contributed by atoms with Crippen molar-refractivity contribution in [1.29, 1.82) is 0 Å². The van der Waals surface area contributed by atoms with Crippen molar-refractivity contribution in [2.24, 2.45) is 9.98 Å². The van der Waals surface area contributed by atoms with E-state index in [2.05, 4.69) is 133 Å². The summed E-state index contributed by atoms with van der Waals surface area (Å²) in [6.07, 6.45) is 4.11. The predicted octanol–water partition coefficient (Wildman–Crippen LogP) is 9.40. The van der Waals surface area contributed by atoms with Gasteiger partial charge in [-0.3, -0.25) is 9.89 Å². The van der Waals surface area contributed by atoms with Crippen molar-refractivity contribution in [1.82, 2.24) is 5.32 Å². The molecule has 5 aromatic rings. The molecule has 2 aliphatic rings. The van der Waals surface area contributed by atoms with E-state index >= 15 is 0 Å². The first-order chi connectivity index (χ1) is 21.6. The van der Waals surface area contributed by atoms with Gasteiger partial charge < -0.3 is 5.32 Å². The normalized spacial score (nSPS) is 16.0. The van der Waals surface area contributed by atoms with Gasteiger partial charge in [0.15, 0.2) is 0 Å². The Bertz CT molecular complexity index is 2050. The van der Waals surface area contributed by atoms with E-state index in [0.717, 1.165) is 61.7 Å². The summed E-state index contributed by atoms with van der Waals surface area (Å²) in [5, 5.41) is 5.94. The highest BCUT2D eigenvalue weighted by molar-refractivity contribution is 6.22. The third-order valence-corrected chi connectivity index (χ3v) is 8.08. The van der Waals surface area contributed by atoms with Gasteiger partial charge in [-0.25, -0.2) is 4.99 Å². The largest absolute Gasteiger partial charge is 0.349 e. The molecule has 0 saturated carbocycles. The maximum Gasteiger partial charge on any atom is 0.122 e. The number of benzene rings is 5. The van der Waals surface area contributed by atoms with E-state index in [1.165, 1.54) is 5.39 Å². The summed E-state index contributed by atoms with van der Waals surface area (Å²) in [5.74, 6) is 1.02. The Hall–Kier alpha value is -5.70. The van der Waals surface area contributed by atoms with Crippen molar-refractivity contribution in [2.75, 3.05) is 4.90 Å². The third kappa shape index (κ3) is 4.98. The number of para-hydroxylation sites is 1. The Kier molecular flexibility index (Phi) is 7.11. The smallest absolute Gasteiger partial charge is 0.122 e. The molecule has 2 aliphatic heterocycles. The average molecular weight is 569 g/mol. The van der Waals surface area contributed by atoms with Crippen LogP contribution in [0.5, 0.6) is 0 Å². The van der Waals surface area contributed by atoms with Crippen molar-refractivity contribution in [3.8, 4) is 0 Å². The highest BCUT2D eigenvalue weighted by Crippen LogP contribution is 2.45. The molecule has 7 rings (SSSR count). The molecule has 0 amide bonds. The maximum atomic E-state index is 5.21. The molecule has 0 radical (unpaired) electrons. The monoisotopic (exact) mass is 568 g/mol. The number of nitrogens with one attached hydrogen (secondary N) is 1. The van der Waals surface area contributed by atoms with Gasteiger partial charge in [0.1, 0.15) is 17.7 Å². The first kappa shape index (κ1) is 27.2. The second kappa shape index (κ2) is 11.5. The van der Waals surface area contributed by atoms with Crippen LogP contribution in [0.3, 0.4) is 0 Å². The van der Waals surface area contributed by atoms with Crippen LogP contribution < -0.4 is 10.2 Å². The molecule has 0 aliphatic carbocycles. The molecule has 2 heterocycles. The molecule has 0 fully saturated rings. The lowest BCUT2D eigenvalue weighted by molar-refractivity contribution is 0.631. The Morgan fingerprint density at radius 1 is 0.841 bits per heavy atom. The van der Waals surface area contributed by atoms with Crippen LogP contribution in [0, 0.1) is 0 Å². The van der Waals surface area contributed by atoms with Crippen molar-refractivity contribution in [3.05, 3.63) is 168 Å². The van der Waals surface area contributed by atoms with Gasteiger partial charge >= 0.3 is 0 Å². The van der Waals surface area contributed by atoms with Crippen LogP contribution in [0.15, 0.2) is 156 Å². The Morgan fingerprint density at radius 2 is 1.52 bits per heavy atom. The highest BCUT2D eigenvalue weighted by atomic mass is 15.3. The van der Waals surface area contributed by atoms with Crippen LogP contribution in [0.25, 0.3) is 27.6 Å². The molecule has 44 heavy (non-hydrogen) atoms. The zero-order valence-electron chi connectivity index (χ0n) is 24.8. The molecular weight excluding hydrogens is 536 g/mol. The van der Waals surface area contributed by atoms with Crippen LogP contribution in [0.1, 0.15) is 36.1 Å². The minimum Gasteiger partial charge on any atom is -0.349 e. The fourth-order valence-corrected chi connectivity index (χ4v) is 5.96. The van der Waals surface area contributed by atoms with E-state index in [4.69, 9.17) is 9.98 Å². The molecule has 1 N–H and O–H groups in total. The van der Waals surface area contributed by atoms with Crippen LogP contribution in [0.2, 0.25) is 0 Å². The number of aliphatic imine (C=N–C) groups is 2. The fourth-order valence-electron chi connectivity index (χ4n) is 5.96. The maximum absolute atomic E-state index is 5.21. The molecular formula is C40H32N4. The SMILES string of the molecule is C=C=C(N=C(/C=C(\C)c1ccccc1)c1ccccc1)c1cc2c3c(cccc3c1)N(c1ccccc1)C1=C2C=NC(C)N1. The van der Waals surface area contributed by atoms with Gasteiger partial charge in [0, 0.05) is 34.0 Å². The van der Waals surface area contributed by atoms with Gasteiger partial charge in [-0.15, -0.1) is 5.73 Å². The quantitative estimate of drug-likeness (QED) is 0.164. The number of allylic oxidation sites excluding steroid dienone is 3. The van der Waals surface area contributed by atoms with Crippen LogP contribution in [0.4, 0.5) is 11.4 Å². The van der Waals surface area contributed by atoms with Crippen LogP contribution in [-0.2, 0) is 0 Å². The molecule has 212 valence electrons. The fraction of sp³-hybridized carbons (Fsp3) is 0.0750. The molecule has 0 saturated heterocycles. The van der Waals surface area contributed by atoms with E-state index in [-0.39, 0.29) is 6.17 Å². The second-order valence-corrected chi connectivity index (χ2v) is 11.0. The number of rotatable bonds is 6.